The SMILES string of the molecule is Cc1cc(C)cc(OCCCSCC(=O)Nc2ccc(C(=O)N(C)C)cc2)c1. The molecule has 0 aliphatic heterocycles. The average molecular weight is 401 g/mol. The van der Waals surface area contributed by atoms with Crippen molar-refractivity contribution in [2.24, 2.45) is 0 Å². The third-order valence-corrected chi connectivity index (χ3v) is 5.00. The van der Waals surface area contributed by atoms with E-state index in [0.717, 1.165) is 17.9 Å². The van der Waals surface area contributed by atoms with Gasteiger partial charge in [-0.3, -0.25) is 9.59 Å². The fraction of sp³-hybridized carbons (Fsp3) is 0.364. The Labute approximate surface area is 171 Å². The second kappa shape index (κ2) is 10.8. The summed E-state index contributed by atoms with van der Waals surface area (Å²) in [7, 11) is 3.42. The van der Waals surface area contributed by atoms with Crippen LogP contribution < -0.4 is 10.1 Å². The number of carbonyl (C=O) groups excluding carboxylic acids is 2. The van der Waals surface area contributed by atoms with Gasteiger partial charge in [0.15, 0.2) is 0 Å². The van der Waals surface area contributed by atoms with Gasteiger partial charge in [0.1, 0.15) is 5.75 Å². The molecule has 5 nitrogen and oxygen atoms in total. The van der Waals surface area contributed by atoms with E-state index in [4.69, 9.17) is 4.74 Å². The van der Waals surface area contributed by atoms with Gasteiger partial charge in [0.05, 0.1) is 12.4 Å². The highest BCUT2D eigenvalue weighted by Crippen LogP contribution is 2.17. The quantitative estimate of drug-likeness (QED) is 0.643. The van der Waals surface area contributed by atoms with Gasteiger partial charge in [0.2, 0.25) is 5.91 Å². The Bertz CT molecular complexity index is 784. The zero-order valence-electron chi connectivity index (χ0n) is 17.0. The molecule has 28 heavy (non-hydrogen) atoms. The third-order valence-electron chi connectivity index (χ3n) is 3.95. The molecule has 0 aliphatic carbocycles. The van der Waals surface area contributed by atoms with E-state index in [9.17, 15) is 9.59 Å². The number of nitrogens with one attached hydrogen (secondary N) is 1. The molecule has 0 aliphatic rings. The van der Waals surface area contributed by atoms with Crippen LogP contribution in [0, 0.1) is 13.8 Å². The van der Waals surface area contributed by atoms with Crippen LogP contribution >= 0.6 is 11.8 Å². The number of anilines is 1. The Morgan fingerprint density at radius 3 is 2.29 bits per heavy atom. The molecule has 1 N–H and O–H groups in total. The van der Waals surface area contributed by atoms with Crippen LogP contribution in [0.4, 0.5) is 5.69 Å². The van der Waals surface area contributed by atoms with Crippen LogP contribution in [0.15, 0.2) is 42.5 Å². The molecular weight excluding hydrogens is 372 g/mol. The molecule has 2 amide bonds. The summed E-state index contributed by atoms with van der Waals surface area (Å²) in [6, 6.07) is 13.1. The molecule has 0 heterocycles. The fourth-order valence-electron chi connectivity index (χ4n) is 2.68. The van der Waals surface area contributed by atoms with Crippen LogP contribution in [0.5, 0.6) is 5.75 Å². The van der Waals surface area contributed by atoms with Crippen LogP contribution in [0.1, 0.15) is 27.9 Å². The molecule has 0 atom stereocenters. The van der Waals surface area contributed by atoms with Crippen molar-refractivity contribution in [1.82, 2.24) is 4.90 Å². The van der Waals surface area contributed by atoms with Gasteiger partial charge in [-0.2, -0.15) is 11.8 Å². The van der Waals surface area contributed by atoms with Gasteiger partial charge in [-0.05, 0) is 73.5 Å². The first-order valence-corrected chi connectivity index (χ1v) is 10.4. The first-order chi connectivity index (χ1) is 13.3. The minimum Gasteiger partial charge on any atom is -0.494 e. The van der Waals surface area contributed by atoms with Gasteiger partial charge in [0.25, 0.3) is 5.91 Å². The number of carbonyl (C=O) groups is 2. The maximum Gasteiger partial charge on any atom is 0.253 e. The summed E-state index contributed by atoms with van der Waals surface area (Å²) < 4.78 is 5.77. The van der Waals surface area contributed by atoms with E-state index in [-0.39, 0.29) is 11.8 Å². The maximum atomic E-state index is 12.0. The summed E-state index contributed by atoms with van der Waals surface area (Å²) in [5.74, 6) is 2.04. The largest absolute Gasteiger partial charge is 0.494 e. The van der Waals surface area contributed by atoms with E-state index in [0.29, 0.717) is 23.6 Å². The highest BCUT2D eigenvalue weighted by atomic mass is 32.2. The highest BCUT2D eigenvalue weighted by Gasteiger charge is 2.08. The number of benzene rings is 2. The predicted molar refractivity (Wildman–Crippen MR) is 116 cm³/mol. The Morgan fingerprint density at radius 1 is 1.04 bits per heavy atom. The molecule has 0 unspecified atom stereocenters. The Hall–Kier alpha value is -2.47. The summed E-state index contributed by atoms with van der Waals surface area (Å²) in [5, 5.41) is 2.85. The normalized spacial score (nSPS) is 10.4. The van der Waals surface area contributed by atoms with Crippen LogP contribution in [0.2, 0.25) is 0 Å². The molecular formula is C22H28N2O3S. The van der Waals surface area contributed by atoms with Crippen molar-refractivity contribution in [3.8, 4) is 5.75 Å². The molecule has 0 aromatic heterocycles. The standard InChI is InChI=1S/C22H28N2O3S/c1-16-12-17(2)14-20(13-16)27-10-5-11-28-15-21(25)23-19-8-6-18(7-9-19)22(26)24(3)4/h6-9,12-14H,5,10-11,15H2,1-4H3,(H,23,25). The lowest BCUT2D eigenvalue weighted by atomic mass is 10.1. The number of aryl methyl sites for hydroxylation is 2. The molecule has 0 fully saturated rings. The van der Waals surface area contributed by atoms with Crippen LogP contribution in [-0.2, 0) is 4.79 Å². The summed E-state index contributed by atoms with van der Waals surface area (Å²) in [4.78, 5) is 25.4. The number of nitrogens with zero attached hydrogens (tertiary/aromatic N) is 1. The lowest BCUT2D eigenvalue weighted by molar-refractivity contribution is -0.113. The van der Waals surface area contributed by atoms with Gasteiger partial charge in [0, 0.05) is 25.3 Å². The summed E-state index contributed by atoms with van der Waals surface area (Å²) in [6.45, 7) is 4.75. The van der Waals surface area contributed by atoms with E-state index in [2.05, 4.69) is 25.2 Å². The van der Waals surface area contributed by atoms with E-state index in [1.165, 1.54) is 16.0 Å². The van der Waals surface area contributed by atoms with E-state index in [1.807, 2.05) is 12.1 Å². The van der Waals surface area contributed by atoms with Gasteiger partial charge < -0.3 is 15.0 Å². The van der Waals surface area contributed by atoms with E-state index in [1.54, 1.807) is 50.1 Å². The van der Waals surface area contributed by atoms with Gasteiger partial charge >= 0.3 is 0 Å². The minimum atomic E-state index is -0.0588. The number of rotatable bonds is 9. The molecule has 0 radical (unpaired) electrons. The number of hydrogen-bond donors (Lipinski definition) is 1. The van der Waals surface area contributed by atoms with Gasteiger partial charge in [-0.1, -0.05) is 6.07 Å². The minimum absolute atomic E-state index is 0.0492. The lowest BCUT2D eigenvalue weighted by Gasteiger charge is -2.11. The number of thioether (sulfide) groups is 1. The predicted octanol–water partition coefficient (Wildman–Crippen LogP) is 4.15. The lowest BCUT2D eigenvalue weighted by Crippen LogP contribution is -2.21. The second-order valence-electron chi connectivity index (χ2n) is 6.90. The Balaban J connectivity index is 1.64. The summed E-state index contributed by atoms with van der Waals surface area (Å²) >= 11 is 1.58. The highest BCUT2D eigenvalue weighted by molar-refractivity contribution is 7.99. The van der Waals surface area contributed by atoms with E-state index >= 15 is 0 Å². The number of amides is 2. The van der Waals surface area contributed by atoms with Crippen molar-refractivity contribution in [1.29, 1.82) is 0 Å². The summed E-state index contributed by atoms with van der Waals surface area (Å²) in [5.41, 5.74) is 3.68. The van der Waals surface area contributed by atoms with Crippen LogP contribution in [0.3, 0.4) is 0 Å². The topological polar surface area (TPSA) is 58.6 Å². The number of ether oxygens (including phenoxy) is 1. The molecule has 2 rings (SSSR count). The molecule has 0 saturated heterocycles. The molecule has 0 saturated carbocycles. The van der Waals surface area contributed by atoms with Crippen molar-refractivity contribution in [3.63, 3.8) is 0 Å². The van der Waals surface area contributed by atoms with Crippen molar-refractivity contribution in [3.05, 3.63) is 59.2 Å². The zero-order chi connectivity index (χ0) is 20.5. The third kappa shape index (κ3) is 7.27. The van der Waals surface area contributed by atoms with Crippen molar-refractivity contribution in [2.75, 3.05) is 37.5 Å². The van der Waals surface area contributed by atoms with Crippen molar-refractivity contribution >= 4 is 29.3 Å². The Kier molecular flexibility index (Phi) is 8.39. The second-order valence-corrected chi connectivity index (χ2v) is 8.01. The first kappa shape index (κ1) is 21.8. The molecule has 0 bridgehead atoms. The molecule has 0 spiro atoms. The number of hydrogen-bond acceptors (Lipinski definition) is 4. The first-order valence-electron chi connectivity index (χ1n) is 9.25. The fourth-order valence-corrected chi connectivity index (χ4v) is 3.41. The molecule has 2 aromatic carbocycles. The van der Waals surface area contributed by atoms with Crippen LogP contribution in [0.25, 0.3) is 0 Å². The Morgan fingerprint density at radius 2 is 1.68 bits per heavy atom. The van der Waals surface area contributed by atoms with Gasteiger partial charge in [-0.15, -0.1) is 0 Å². The monoisotopic (exact) mass is 400 g/mol. The molecule has 2 aromatic rings. The van der Waals surface area contributed by atoms with Crippen molar-refractivity contribution < 1.29 is 14.3 Å². The maximum absolute atomic E-state index is 12.0. The van der Waals surface area contributed by atoms with Crippen molar-refractivity contribution in [2.45, 2.75) is 20.3 Å². The summed E-state index contributed by atoms with van der Waals surface area (Å²) in [6.07, 6.45) is 0.881. The smallest absolute Gasteiger partial charge is 0.253 e. The van der Waals surface area contributed by atoms with Crippen LogP contribution in [-0.4, -0.2) is 48.9 Å². The average Bonchev–Trinajstić information content (AvgIpc) is 2.63. The molecule has 6 heteroatoms. The van der Waals surface area contributed by atoms with Gasteiger partial charge in [-0.25, -0.2) is 0 Å². The molecule has 150 valence electrons. The van der Waals surface area contributed by atoms with E-state index < -0.39 is 0 Å². The zero-order valence-corrected chi connectivity index (χ0v) is 17.8.